The van der Waals surface area contributed by atoms with Crippen molar-refractivity contribution in [2.24, 2.45) is 0 Å². The molecule has 2 rings (SSSR count). The zero-order valence-electron chi connectivity index (χ0n) is 12.1. The lowest BCUT2D eigenvalue weighted by Crippen LogP contribution is -2.33. The van der Waals surface area contributed by atoms with Gasteiger partial charge in [0.2, 0.25) is 0 Å². The summed E-state index contributed by atoms with van der Waals surface area (Å²) in [4.78, 5) is 22.7. The van der Waals surface area contributed by atoms with Gasteiger partial charge in [-0.05, 0) is 31.4 Å². The Morgan fingerprint density at radius 1 is 1.43 bits per heavy atom. The Bertz CT molecular complexity index is 547. The van der Waals surface area contributed by atoms with Crippen LogP contribution in [0.25, 0.3) is 0 Å². The number of hydrogen-bond donors (Lipinski definition) is 2. The fourth-order valence-electron chi connectivity index (χ4n) is 2.59. The van der Waals surface area contributed by atoms with E-state index < -0.39 is 4.92 Å². The molecule has 1 aliphatic rings. The minimum Gasteiger partial charge on any atom is -0.383 e. The number of carbonyl (C=O) groups is 1. The number of anilines is 1. The number of nitrogens with one attached hydrogen (secondary N) is 2. The Labute approximate surface area is 122 Å². The van der Waals surface area contributed by atoms with E-state index in [9.17, 15) is 14.9 Å². The van der Waals surface area contributed by atoms with Crippen LogP contribution in [0.5, 0.6) is 0 Å². The Morgan fingerprint density at radius 2 is 2.19 bits per heavy atom. The molecule has 0 radical (unpaired) electrons. The van der Waals surface area contributed by atoms with Gasteiger partial charge < -0.3 is 15.4 Å². The highest BCUT2D eigenvalue weighted by Gasteiger charge is 2.26. The second-order valence-corrected chi connectivity index (χ2v) is 5.08. The molecule has 0 aromatic heterocycles. The van der Waals surface area contributed by atoms with Crippen molar-refractivity contribution in [1.82, 2.24) is 5.32 Å². The summed E-state index contributed by atoms with van der Waals surface area (Å²) in [5, 5.41) is 16.6. The van der Waals surface area contributed by atoms with E-state index in [0.29, 0.717) is 11.3 Å². The van der Waals surface area contributed by atoms with Crippen LogP contribution in [0.2, 0.25) is 0 Å². The van der Waals surface area contributed by atoms with Crippen molar-refractivity contribution >= 4 is 17.3 Å². The average Bonchev–Trinajstić information content (AvgIpc) is 2.94. The Morgan fingerprint density at radius 3 is 2.76 bits per heavy atom. The molecule has 7 nitrogen and oxygen atoms in total. The summed E-state index contributed by atoms with van der Waals surface area (Å²) >= 11 is 0. The lowest BCUT2D eigenvalue weighted by atomic mass is 10.1. The monoisotopic (exact) mass is 293 g/mol. The summed E-state index contributed by atoms with van der Waals surface area (Å²) in [6.07, 6.45) is 2.73. The number of amides is 1. The number of rotatable bonds is 5. The van der Waals surface area contributed by atoms with E-state index in [0.717, 1.165) is 19.3 Å². The lowest BCUT2D eigenvalue weighted by Gasteiger charge is -2.13. The van der Waals surface area contributed by atoms with Crippen LogP contribution in [-0.2, 0) is 4.74 Å². The topological polar surface area (TPSA) is 93.5 Å². The van der Waals surface area contributed by atoms with Crippen molar-refractivity contribution < 1.29 is 14.5 Å². The van der Waals surface area contributed by atoms with Crippen molar-refractivity contribution in [2.45, 2.75) is 31.4 Å². The second-order valence-electron chi connectivity index (χ2n) is 5.08. The molecular formula is C14H19N3O4. The standard InChI is InChI=1S/C14H19N3O4/c1-15-12-6-3-9(7-13(12)17(19)20)14(18)16-10-4-5-11(8-10)21-2/h3,6-7,10-11,15H,4-5,8H2,1-2H3,(H,16,18). The maximum atomic E-state index is 12.2. The van der Waals surface area contributed by atoms with Gasteiger partial charge in [-0.3, -0.25) is 14.9 Å². The molecule has 0 bridgehead atoms. The number of methoxy groups -OCH3 is 1. The number of nitro benzene ring substituents is 1. The number of nitro groups is 1. The van der Waals surface area contributed by atoms with Crippen LogP contribution in [0.3, 0.4) is 0 Å². The van der Waals surface area contributed by atoms with Crippen LogP contribution in [0.1, 0.15) is 29.6 Å². The molecule has 1 fully saturated rings. The third kappa shape index (κ3) is 3.49. The molecule has 21 heavy (non-hydrogen) atoms. The maximum absolute atomic E-state index is 12.2. The van der Waals surface area contributed by atoms with Crippen LogP contribution >= 0.6 is 0 Å². The van der Waals surface area contributed by atoms with Crippen LogP contribution in [-0.4, -0.2) is 37.1 Å². The number of ether oxygens (including phenoxy) is 1. The van der Waals surface area contributed by atoms with Gasteiger partial charge >= 0.3 is 0 Å². The summed E-state index contributed by atoms with van der Waals surface area (Å²) in [6, 6.07) is 4.48. The van der Waals surface area contributed by atoms with Crippen molar-refractivity contribution in [3.8, 4) is 0 Å². The lowest BCUT2D eigenvalue weighted by molar-refractivity contribution is -0.384. The third-order valence-electron chi connectivity index (χ3n) is 3.78. The fourth-order valence-corrected chi connectivity index (χ4v) is 2.59. The number of benzene rings is 1. The first-order valence-electron chi connectivity index (χ1n) is 6.85. The molecule has 1 saturated carbocycles. The van der Waals surface area contributed by atoms with Crippen molar-refractivity contribution in [3.05, 3.63) is 33.9 Å². The summed E-state index contributed by atoms with van der Waals surface area (Å²) in [7, 11) is 3.26. The second kappa shape index (κ2) is 6.53. The largest absolute Gasteiger partial charge is 0.383 e. The van der Waals surface area contributed by atoms with E-state index in [4.69, 9.17) is 4.74 Å². The third-order valence-corrected chi connectivity index (χ3v) is 3.78. The Kier molecular flexibility index (Phi) is 4.74. The van der Waals surface area contributed by atoms with Gasteiger partial charge in [0.15, 0.2) is 0 Å². The van der Waals surface area contributed by atoms with Gasteiger partial charge in [-0.2, -0.15) is 0 Å². The molecule has 2 unspecified atom stereocenters. The van der Waals surface area contributed by atoms with Gasteiger partial charge in [-0.15, -0.1) is 0 Å². The summed E-state index contributed by atoms with van der Waals surface area (Å²) in [5.74, 6) is -0.289. The molecule has 1 aromatic carbocycles. The number of nitrogens with zero attached hydrogens (tertiary/aromatic N) is 1. The van der Waals surface area contributed by atoms with Crippen LogP contribution in [0, 0.1) is 10.1 Å². The van der Waals surface area contributed by atoms with Crippen LogP contribution in [0.4, 0.5) is 11.4 Å². The Hall–Kier alpha value is -2.15. The van der Waals surface area contributed by atoms with Crippen molar-refractivity contribution in [3.63, 3.8) is 0 Å². The highest BCUT2D eigenvalue weighted by atomic mass is 16.6. The molecule has 0 aliphatic heterocycles. The normalized spacial score (nSPS) is 21.0. The summed E-state index contributed by atoms with van der Waals surface area (Å²) in [5.41, 5.74) is 0.574. The van der Waals surface area contributed by atoms with E-state index in [1.165, 1.54) is 6.07 Å². The average molecular weight is 293 g/mol. The van der Waals surface area contributed by atoms with Gasteiger partial charge in [-0.25, -0.2) is 0 Å². The molecule has 1 aromatic rings. The molecular weight excluding hydrogens is 274 g/mol. The maximum Gasteiger partial charge on any atom is 0.293 e. The van der Waals surface area contributed by atoms with E-state index >= 15 is 0 Å². The first kappa shape index (κ1) is 15.2. The first-order chi connectivity index (χ1) is 10.0. The first-order valence-corrected chi connectivity index (χ1v) is 6.85. The molecule has 2 N–H and O–H groups in total. The predicted octanol–water partition coefficient (Wildman–Crippen LogP) is 1.93. The van der Waals surface area contributed by atoms with Crippen molar-refractivity contribution in [1.29, 1.82) is 0 Å². The highest BCUT2D eigenvalue weighted by Crippen LogP contribution is 2.26. The molecule has 1 amide bonds. The fraction of sp³-hybridized carbons (Fsp3) is 0.500. The number of hydrogen-bond acceptors (Lipinski definition) is 5. The quantitative estimate of drug-likeness (QED) is 0.639. The van der Waals surface area contributed by atoms with Gasteiger partial charge in [0.25, 0.3) is 11.6 Å². The highest BCUT2D eigenvalue weighted by molar-refractivity contribution is 5.95. The van der Waals surface area contributed by atoms with Gasteiger partial charge in [0.05, 0.1) is 11.0 Å². The minimum absolute atomic E-state index is 0.0606. The molecule has 0 heterocycles. The predicted molar refractivity (Wildman–Crippen MR) is 78.5 cm³/mol. The molecule has 7 heteroatoms. The molecule has 2 atom stereocenters. The zero-order valence-corrected chi connectivity index (χ0v) is 12.1. The smallest absolute Gasteiger partial charge is 0.293 e. The van der Waals surface area contributed by atoms with Crippen LogP contribution < -0.4 is 10.6 Å². The summed E-state index contributed by atoms with van der Waals surface area (Å²) in [6.45, 7) is 0. The van der Waals surface area contributed by atoms with Gasteiger partial charge in [0.1, 0.15) is 5.69 Å². The SMILES string of the molecule is CNc1ccc(C(=O)NC2CCC(OC)C2)cc1[N+](=O)[O-]. The van der Waals surface area contributed by atoms with E-state index in [2.05, 4.69) is 10.6 Å². The number of carbonyl (C=O) groups excluding carboxylic acids is 1. The van der Waals surface area contributed by atoms with E-state index in [1.54, 1.807) is 26.3 Å². The molecule has 0 saturated heterocycles. The minimum atomic E-state index is -0.501. The zero-order chi connectivity index (χ0) is 15.4. The van der Waals surface area contributed by atoms with Crippen molar-refractivity contribution in [2.75, 3.05) is 19.5 Å². The van der Waals surface area contributed by atoms with Gasteiger partial charge in [-0.1, -0.05) is 0 Å². The van der Waals surface area contributed by atoms with Crippen LogP contribution in [0.15, 0.2) is 18.2 Å². The van der Waals surface area contributed by atoms with E-state index in [1.807, 2.05) is 0 Å². The molecule has 114 valence electrons. The summed E-state index contributed by atoms with van der Waals surface area (Å²) < 4.78 is 5.26. The van der Waals surface area contributed by atoms with Gasteiger partial charge in [0, 0.05) is 31.8 Å². The molecule has 1 aliphatic carbocycles. The van der Waals surface area contributed by atoms with E-state index in [-0.39, 0.29) is 23.7 Å². The Balaban J connectivity index is 2.09. The molecule has 0 spiro atoms.